The number of hydrogen-bond donors (Lipinski definition) is 2. The Morgan fingerprint density at radius 1 is 1.50 bits per heavy atom. The Balaban J connectivity index is 1.69. The molecular weight excluding hydrogens is 202 g/mol. The average molecular weight is 225 g/mol. The van der Waals surface area contributed by atoms with Gasteiger partial charge in [-0.2, -0.15) is 0 Å². The zero-order chi connectivity index (χ0) is 11.4. The van der Waals surface area contributed by atoms with E-state index in [1.54, 1.807) is 0 Å². The summed E-state index contributed by atoms with van der Waals surface area (Å²) in [5.41, 5.74) is -0.648. The quantitative estimate of drug-likeness (QED) is 0.712. The van der Waals surface area contributed by atoms with Crippen LogP contribution >= 0.6 is 0 Å². The maximum Gasteiger partial charge on any atom is 0.105 e. The van der Waals surface area contributed by atoms with Crippen molar-refractivity contribution in [1.29, 1.82) is 0 Å². The molecule has 0 radical (unpaired) electrons. The number of rotatable bonds is 4. The van der Waals surface area contributed by atoms with Crippen LogP contribution in [-0.2, 0) is 4.74 Å². The van der Waals surface area contributed by atoms with Crippen LogP contribution < -0.4 is 5.32 Å². The van der Waals surface area contributed by atoms with Gasteiger partial charge in [0.05, 0.1) is 6.10 Å². The molecule has 2 N–H and O–H groups in total. The highest BCUT2D eigenvalue weighted by Crippen LogP contribution is 2.25. The minimum Gasteiger partial charge on any atom is -0.386 e. The molecule has 3 heteroatoms. The van der Waals surface area contributed by atoms with Gasteiger partial charge in [-0.25, -0.2) is 0 Å². The molecule has 0 bridgehead atoms. The van der Waals surface area contributed by atoms with Crippen LogP contribution in [0.2, 0.25) is 0 Å². The Labute approximate surface area is 97.9 Å². The molecule has 16 heavy (non-hydrogen) atoms. The molecule has 3 nitrogen and oxygen atoms in total. The first-order chi connectivity index (χ1) is 7.71. The fourth-order valence-corrected chi connectivity index (χ4v) is 2.54. The van der Waals surface area contributed by atoms with E-state index in [2.05, 4.69) is 17.5 Å². The van der Waals surface area contributed by atoms with Crippen LogP contribution in [0.3, 0.4) is 0 Å². The summed E-state index contributed by atoms with van der Waals surface area (Å²) in [5, 5.41) is 13.7. The Kier molecular flexibility index (Phi) is 4.00. The topological polar surface area (TPSA) is 41.5 Å². The molecule has 1 aliphatic carbocycles. The molecule has 3 unspecified atom stereocenters. The van der Waals surface area contributed by atoms with Crippen LogP contribution in [0, 0.1) is 5.92 Å². The second-order valence-corrected chi connectivity index (χ2v) is 5.15. The Bertz CT molecular complexity index is 254. The van der Waals surface area contributed by atoms with E-state index >= 15 is 0 Å². The van der Waals surface area contributed by atoms with Crippen molar-refractivity contribution < 1.29 is 9.84 Å². The van der Waals surface area contributed by atoms with Crippen LogP contribution in [0.5, 0.6) is 0 Å². The van der Waals surface area contributed by atoms with Gasteiger partial charge in [-0.1, -0.05) is 12.2 Å². The Morgan fingerprint density at radius 2 is 2.38 bits per heavy atom. The third kappa shape index (κ3) is 2.84. The molecule has 1 saturated heterocycles. The molecule has 0 spiro atoms. The lowest BCUT2D eigenvalue weighted by Gasteiger charge is -2.27. The number of aliphatic hydroxyl groups is 1. The SMILES string of the molecule is CC1OCCC1(O)CNCC1CC=CCC1. The summed E-state index contributed by atoms with van der Waals surface area (Å²) in [4.78, 5) is 0. The molecule has 1 aliphatic heterocycles. The van der Waals surface area contributed by atoms with Crippen molar-refractivity contribution in [1.82, 2.24) is 5.32 Å². The van der Waals surface area contributed by atoms with Crippen LogP contribution in [0.25, 0.3) is 0 Å². The lowest BCUT2D eigenvalue weighted by Crippen LogP contribution is -2.46. The standard InChI is InChI=1S/C13H23NO2/c1-11-13(15,7-8-16-11)10-14-9-12-5-3-2-4-6-12/h2-3,11-12,14-15H,4-10H2,1H3. The van der Waals surface area contributed by atoms with Crippen LogP contribution in [0.1, 0.15) is 32.6 Å². The third-order valence-electron chi connectivity index (χ3n) is 3.90. The van der Waals surface area contributed by atoms with Gasteiger partial charge in [0.25, 0.3) is 0 Å². The van der Waals surface area contributed by atoms with Gasteiger partial charge in [0.1, 0.15) is 5.60 Å². The predicted molar refractivity (Wildman–Crippen MR) is 64.3 cm³/mol. The normalized spacial score (nSPS) is 39.1. The summed E-state index contributed by atoms with van der Waals surface area (Å²) in [6.07, 6.45) is 8.90. The van der Waals surface area contributed by atoms with Gasteiger partial charge < -0.3 is 15.2 Å². The van der Waals surface area contributed by atoms with Crippen molar-refractivity contribution in [2.75, 3.05) is 19.7 Å². The number of ether oxygens (including phenoxy) is 1. The Hall–Kier alpha value is -0.380. The van der Waals surface area contributed by atoms with Crippen LogP contribution in [-0.4, -0.2) is 36.5 Å². The summed E-state index contributed by atoms with van der Waals surface area (Å²) >= 11 is 0. The van der Waals surface area contributed by atoms with E-state index in [1.807, 2.05) is 6.92 Å². The minimum absolute atomic E-state index is 0.0359. The van der Waals surface area contributed by atoms with Crippen molar-refractivity contribution in [3.05, 3.63) is 12.2 Å². The highest BCUT2D eigenvalue weighted by molar-refractivity contribution is 4.93. The van der Waals surface area contributed by atoms with E-state index in [4.69, 9.17) is 4.74 Å². The molecule has 0 amide bonds. The van der Waals surface area contributed by atoms with Crippen molar-refractivity contribution >= 4 is 0 Å². The fraction of sp³-hybridized carbons (Fsp3) is 0.846. The molecule has 0 aromatic heterocycles. The zero-order valence-corrected chi connectivity index (χ0v) is 10.1. The van der Waals surface area contributed by atoms with Gasteiger partial charge in [-0.15, -0.1) is 0 Å². The first kappa shape index (κ1) is 12.1. The van der Waals surface area contributed by atoms with Gasteiger partial charge in [0, 0.05) is 19.6 Å². The van der Waals surface area contributed by atoms with E-state index in [1.165, 1.54) is 19.3 Å². The molecule has 0 saturated carbocycles. The van der Waals surface area contributed by atoms with Gasteiger partial charge in [-0.3, -0.25) is 0 Å². The summed E-state index contributed by atoms with van der Waals surface area (Å²) in [7, 11) is 0. The van der Waals surface area contributed by atoms with Gasteiger partial charge in [0.2, 0.25) is 0 Å². The summed E-state index contributed by atoms with van der Waals surface area (Å²) in [6, 6.07) is 0. The zero-order valence-electron chi connectivity index (χ0n) is 10.1. The van der Waals surface area contributed by atoms with Crippen molar-refractivity contribution in [3.63, 3.8) is 0 Å². The van der Waals surface area contributed by atoms with Crippen molar-refractivity contribution in [3.8, 4) is 0 Å². The molecule has 2 aliphatic rings. The van der Waals surface area contributed by atoms with Crippen LogP contribution in [0.4, 0.5) is 0 Å². The van der Waals surface area contributed by atoms with Crippen molar-refractivity contribution in [2.24, 2.45) is 5.92 Å². The lowest BCUT2D eigenvalue weighted by atomic mass is 9.93. The first-order valence-corrected chi connectivity index (χ1v) is 6.40. The van der Waals surface area contributed by atoms with Crippen LogP contribution in [0.15, 0.2) is 12.2 Å². The number of hydrogen-bond acceptors (Lipinski definition) is 3. The van der Waals surface area contributed by atoms with E-state index in [0.29, 0.717) is 13.2 Å². The Morgan fingerprint density at radius 3 is 3.00 bits per heavy atom. The second-order valence-electron chi connectivity index (χ2n) is 5.15. The molecule has 1 fully saturated rings. The molecule has 3 atom stereocenters. The molecular formula is C13H23NO2. The van der Waals surface area contributed by atoms with E-state index in [0.717, 1.165) is 18.9 Å². The highest BCUT2D eigenvalue weighted by Gasteiger charge is 2.39. The molecule has 1 heterocycles. The van der Waals surface area contributed by atoms with Crippen molar-refractivity contribution in [2.45, 2.75) is 44.3 Å². The van der Waals surface area contributed by atoms with E-state index in [-0.39, 0.29) is 6.10 Å². The molecule has 92 valence electrons. The van der Waals surface area contributed by atoms with E-state index < -0.39 is 5.60 Å². The lowest BCUT2D eigenvalue weighted by molar-refractivity contribution is -0.0265. The highest BCUT2D eigenvalue weighted by atomic mass is 16.5. The largest absolute Gasteiger partial charge is 0.386 e. The smallest absolute Gasteiger partial charge is 0.105 e. The number of nitrogens with one attached hydrogen (secondary N) is 1. The minimum atomic E-state index is -0.648. The second kappa shape index (κ2) is 5.30. The summed E-state index contributed by atoms with van der Waals surface area (Å²) in [5.74, 6) is 0.742. The first-order valence-electron chi connectivity index (χ1n) is 6.40. The maximum absolute atomic E-state index is 10.3. The summed E-state index contributed by atoms with van der Waals surface area (Å²) in [6.45, 7) is 4.32. The monoisotopic (exact) mass is 225 g/mol. The van der Waals surface area contributed by atoms with E-state index in [9.17, 15) is 5.11 Å². The predicted octanol–water partition coefficient (Wildman–Crippen LogP) is 1.47. The fourth-order valence-electron chi connectivity index (χ4n) is 2.54. The van der Waals surface area contributed by atoms with Gasteiger partial charge in [0.15, 0.2) is 0 Å². The molecule has 0 aromatic rings. The molecule has 2 rings (SSSR count). The van der Waals surface area contributed by atoms with Gasteiger partial charge in [-0.05, 0) is 38.6 Å². The van der Waals surface area contributed by atoms with Gasteiger partial charge >= 0.3 is 0 Å². The average Bonchev–Trinajstić information content (AvgIpc) is 2.61. The summed E-state index contributed by atoms with van der Waals surface area (Å²) < 4.78 is 5.41. The number of allylic oxidation sites excluding steroid dienone is 2. The maximum atomic E-state index is 10.3. The third-order valence-corrected chi connectivity index (χ3v) is 3.90. The molecule has 0 aromatic carbocycles.